The average Bonchev–Trinajstić information content (AvgIpc) is 3.94. The maximum absolute atomic E-state index is 13.7. The number of carboxylic acids is 1. The molecule has 1 saturated carbocycles. The SMILES string of the molecule is CNC(=O)c1c(-c2ccc(F)cc2)oc2cc(N(CCOCCOCCOCCOCc3cccc(C(O)=CC(=O)C(=O)O)c3)SC)c(C3CC3)cc12. The Morgan fingerprint density at radius 3 is 2.21 bits per heavy atom. The number of ketones is 1. The molecule has 282 valence electrons. The minimum absolute atomic E-state index is 0.246. The third-order valence-electron chi connectivity index (χ3n) is 8.43. The van der Waals surface area contributed by atoms with Crippen LogP contribution in [0.2, 0.25) is 0 Å². The van der Waals surface area contributed by atoms with Gasteiger partial charge in [0.05, 0.1) is 70.7 Å². The van der Waals surface area contributed by atoms with Crippen molar-refractivity contribution in [3.05, 3.63) is 94.8 Å². The normalized spacial score (nSPS) is 13.0. The quantitative estimate of drug-likeness (QED) is 0.0268. The van der Waals surface area contributed by atoms with Gasteiger partial charge in [0.2, 0.25) is 0 Å². The van der Waals surface area contributed by atoms with Gasteiger partial charge >= 0.3 is 5.97 Å². The summed E-state index contributed by atoms with van der Waals surface area (Å²) < 4.78 is 44.8. The summed E-state index contributed by atoms with van der Waals surface area (Å²) in [6, 6.07) is 16.6. The van der Waals surface area contributed by atoms with Crippen molar-refractivity contribution in [1.29, 1.82) is 0 Å². The summed E-state index contributed by atoms with van der Waals surface area (Å²) in [5, 5.41) is 22.2. The van der Waals surface area contributed by atoms with Crippen LogP contribution >= 0.6 is 11.9 Å². The minimum atomic E-state index is -1.64. The molecule has 5 rings (SSSR count). The van der Waals surface area contributed by atoms with Crippen molar-refractivity contribution in [3.8, 4) is 11.3 Å². The van der Waals surface area contributed by atoms with E-state index in [9.17, 15) is 23.9 Å². The van der Waals surface area contributed by atoms with Crippen LogP contribution < -0.4 is 9.62 Å². The first-order chi connectivity index (χ1) is 25.7. The second-order valence-corrected chi connectivity index (χ2v) is 13.0. The number of fused-ring (bicyclic) bond motifs is 1. The Balaban J connectivity index is 1.02. The van der Waals surface area contributed by atoms with Gasteiger partial charge in [0.1, 0.15) is 22.9 Å². The van der Waals surface area contributed by atoms with E-state index in [0.29, 0.717) is 92.8 Å². The fourth-order valence-electron chi connectivity index (χ4n) is 5.64. The van der Waals surface area contributed by atoms with E-state index in [2.05, 4.69) is 15.7 Å². The molecule has 0 radical (unpaired) electrons. The van der Waals surface area contributed by atoms with E-state index in [1.807, 2.05) is 12.3 Å². The first kappa shape index (κ1) is 39.5. The van der Waals surface area contributed by atoms with Crippen LogP contribution in [-0.4, -0.2) is 94.0 Å². The molecule has 0 unspecified atom stereocenters. The van der Waals surface area contributed by atoms with Gasteiger partial charge in [0, 0.05) is 42.0 Å². The van der Waals surface area contributed by atoms with Crippen molar-refractivity contribution in [3.63, 3.8) is 0 Å². The number of nitrogens with zero attached hydrogens (tertiary/aromatic N) is 1. The van der Waals surface area contributed by atoms with Gasteiger partial charge in [-0.3, -0.25) is 9.59 Å². The Kier molecular flexibility index (Phi) is 14.4. The lowest BCUT2D eigenvalue weighted by Gasteiger charge is -2.24. The van der Waals surface area contributed by atoms with Crippen LogP contribution in [0.4, 0.5) is 10.1 Å². The Hall–Kier alpha value is -4.73. The minimum Gasteiger partial charge on any atom is -0.507 e. The molecule has 3 N–H and O–H groups in total. The van der Waals surface area contributed by atoms with Crippen molar-refractivity contribution in [1.82, 2.24) is 5.32 Å². The van der Waals surface area contributed by atoms with E-state index in [4.69, 9.17) is 28.5 Å². The topological polar surface area (TPSA) is 157 Å². The monoisotopic (exact) mass is 750 g/mol. The van der Waals surface area contributed by atoms with Gasteiger partial charge in [-0.15, -0.1) is 0 Å². The van der Waals surface area contributed by atoms with Gasteiger partial charge in [0.25, 0.3) is 11.7 Å². The van der Waals surface area contributed by atoms with Crippen molar-refractivity contribution in [2.45, 2.75) is 25.4 Å². The molecule has 1 heterocycles. The third-order valence-corrected chi connectivity index (χ3v) is 9.25. The molecule has 3 aromatic carbocycles. The van der Waals surface area contributed by atoms with E-state index in [0.717, 1.165) is 35.0 Å². The number of anilines is 1. The van der Waals surface area contributed by atoms with E-state index in [-0.39, 0.29) is 18.3 Å². The lowest BCUT2D eigenvalue weighted by Crippen LogP contribution is -2.22. The fraction of sp³-hybridized carbons (Fsp3) is 0.359. The molecule has 0 atom stereocenters. The largest absolute Gasteiger partial charge is 0.507 e. The highest BCUT2D eigenvalue weighted by Crippen LogP contribution is 2.48. The number of carboxylic acid groups (broad SMARTS) is 1. The van der Waals surface area contributed by atoms with E-state index in [1.54, 1.807) is 55.4 Å². The molecule has 12 nitrogen and oxygen atoms in total. The van der Waals surface area contributed by atoms with Crippen LogP contribution in [-0.2, 0) is 35.1 Å². The molecule has 1 aliphatic carbocycles. The van der Waals surface area contributed by atoms with Gasteiger partial charge in [-0.05, 0) is 66.3 Å². The molecule has 1 aromatic heterocycles. The number of hydrogen-bond donors (Lipinski definition) is 3. The predicted octanol–water partition coefficient (Wildman–Crippen LogP) is 6.38. The average molecular weight is 751 g/mol. The smallest absolute Gasteiger partial charge is 0.376 e. The number of furan rings is 1. The number of carbonyl (C=O) groups is 3. The number of benzene rings is 3. The Morgan fingerprint density at radius 2 is 1.58 bits per heavy atom. The van der Waals surface area contributed by atoms with Gasteiger partial charge in [-0.2, -0.15) is 0 Å². The van der Waals surface area contributed by atoms with Gasteiger partial charge in [-0.25, -0.2) is 9.18 Å². The summed E-state index contributed by atoms with van der Waals surface area (Å²) in [6.45, 7) is 3.65. The molecule has 1 amide bonds. The number of hydrogen-bond acceptors (Lipinski definition) is 11. The number of halogens is 1. The molecule has 1 aliphatic rings. The van der Waals surface area contributed by atoms with Crippen molar-refractivity contribution >= 4 is 52.0 Å². The molecular weight excluding hydrogens is 707 g/mol. The number of rotatable bonds is 22. The zero-order valence-corrected chi connectivity index (χ0v) is 30.4. The molecule has 53 heavy (non-hydrogen) atoms. The van der Waals surface area contributed by atoms with E-state index in [1.165, 1.54) is 12.1 Å². The standard InChI is InChI=1S/C39H43FN2O10S/c1-41-38(45)36-31-21-30(26-6-7-26)32(22-35(31)52-37(36)27-8-10-29(40)11-9-27)42(53-2)12-13-48-14-15-49-16-17-50-18-19-51-24-25-4-3-5-28(20-25)33(43)23-34(44)39(46)47/h3-5,8-11,20-23,26,43H,6-7,12-19,24H2,1-2H3,(H,41,45)(H,46,47). The van der Waals surface area contributed by atoms with Crippen molar-refractivity contribution < 1.29 is 52.4 Å². The molecule has 1 fully saturated rings. The lowest BCUT2D eigenvalue weighted by atomic mass is 10.0. The van der Waals surface area contributed by atoms with Crippen molar-refractivity contribution in [2.24, 2.45) is 0 Å². The number of ether oxygens (including phenoxy) is 4. The second kappa shape index (κ2) is 19.4. The van der Waals surface area contributed by atoms with Crippen LogP contribution in [0.15, 0.2) is 71.2 Å². The maximum atomic E-state index is 13.7. The number of amides is 1. The van der Waals surface area contributed by atoms with Gasteiger partial charge < -0.3 is 43.2 Å². The number of aliphatic carboxylic acids is 1. The number of nitrogens with one attached hydrogen (secondary N) is 1. The maximum Gasteiger partial charge on any atom is 0.376 e. The first-order valence-electron chi connectivity index (χ1n) is 17.2. The summed E-state index contributed by atoms with van der Waals surface area (Å²) >= 11 is 1.59. The second-order valence-electron chi connectivity index (χ2n) is 12.1. The molecule has 0 spiro atoms. The molecule has 4 aromatic rings. The first-order valence-corrected chi connectivity index (χ1v) is 18.4. The Labute approximate surface area is 311 Å². The highest BCUT2D eigenvalue weighted by Gasteiger charge is 2.31. The number of carbonyl (C=O) groups excluding carboxylic acids is 2. The zero-order chi connectivity index (χ0) is 37.7. The lowest BCUT2D eigenvalue weighted by molar-refractivity contribution is -0.146. The van der Waals surface area contributed by atoms with Crippen molar-refractivity contribution in [2.75, 3.05) is 70.4 Å². The van der Waals surface area contributed by atoms with Gasteiger partial charge in [-0.1, -0.05) is 30.1 Å². The molecule has 0 bridgehead atoms. The molecule has 14 heteroatoms. The molecule has 0 saturated heterocycles. The van der Waals surface area contributed by atoms with E-state index >= 15 is 0 Å². The highest BCUT2D eigenvalue weighted by atomic mass is 32.2. The predicted molar refractivity (Wildman–Crippen MR) is 200 cm³/mol. The summed E-state index contributed by atoms with van der Waals surface area (Å²) in [5.74, 6) is -3.11. The summed E-state index contributed by atoms with van der Waals surface area (Å²) in [6.07, 6.45) is 4.83. The third kappa shape index (κ3) is 10.9. The number of aliphatic hydroxyl groups excluding tert-OH is 1. The molecular formula is C39H43FN2O10S. The Bertz CT molecular complexity index is 1910. The number of aliphatic hydroxyl groups is 1. The molecule has 0 aliphatic heterocycles. The summed E-state index contributed by atoms with van der Waals surface area (Å²) in [4.78, 5) is 35.0. The highest BCUT2D eigenvalue weighted by molar-refractivity contribution is 7.99. The summed E-state index contributed by atoms with van der Waals surface area (Å²) in [5.41, 5.74) is 4.88. The zero-order valence-electron chi connectivity index (χ0n) is 29.6. The summed E-state index contributed by atoms with van der Waals surface area (Å²) in [7, 11) is 1.58. The van der Waals surface area contributed by atoms with Crippen LogP contribution in [0, 0.1) is 5.82 Å². The van der Waals surface area contributed by atoms with Crippen LogP contribution in [0.5, 0.6) is 0 Å². The van der Waals surface area contributed by atoms with Crippen LogP contribution in [0.3, 0.4) is 0 Å². The van der Waals surface area contributed by atoms with Crippen LogP contribution in [0.25, 0.3) is 28.1 Å². The van der Waals surface area contributed by atoms with E-state index < -0.39 is 17.5 Å². The Morgan fingerprint density at radius 1 is 0.925 bits per heavy atom. The van der Waals surface area contributed by atoms with Gasteiger partial charge in [0.15, 0.2) is 0 Å². The van der Waals surface area contributed by atoms with Crippen LogP contribution in [0.1, 0.15) is 45.8 Å². The fourth-order valence-corrected chi connectivity index (χ4v) is 6.25.